The fraction of sp³-hybridized carbons (Fsp3) is 0.727. The number of hydrogen-bond donors (Lipinski definition) is 2. The summed E-state index contributed by atoms with van der Waals surface area (Å²) in [5.41, 5.74) is 6.76. The van der Waals surface area contributed by atoms with E-state index < -0.39 is 0 Å². The van der Waals surface area contributed by atoms with Crippen LogP contribution in [0.2, 0.25) is 0 Å². The van der Waals surface area contributed by atoms with Gasteiger partial charge in [0.05, 0.1) is 6.54 Å². The number of halogens is 1. The lowest BCUT2D eigenvalue weighted by molar-refractivity contribution is 0.648. The van der Waals surface area contributed by atoms with Crippen LogP contribution in [-0.4, -0.2) is 30.1 Å². The van der Waals surface area contributed by atoms with Crippen LogP contribution < -0.4 is 11.1 Å². The van der Waals surface area contributed by atoms with Crippen molar-refractivity contribution in [3.63, 3.8) is 0 Å². The van der Waals surface area contributed by atoms with Gasteiger partial charge in [-0.3, -0.25) is 0 Å². The summed E-state index contributed by atoms with van der Waals surface area (Å²) < 4.78 is 0. The van der Waals surface area contributed by atoms with Crippen LogP contribution in [0.1, 0.15) is 26.2 Å². The SMILES string of the molecule is C=C(C)CN=C(N)NCC1CCCCS1.I. The average Bonchev–Trinajstić information content (AvgIpc) is 2.25. The lowest BCUT2D eigenvalue weighted by atomic mass is 10.2. The summed E-state index contributed by atoms with van der Waals surface area (Å²) >= 11 is 2.04. The highest BCUT2D eigenvalue weighted by Crippen LogP contribution is 2.24. The zero-order chi connectivity index (χ0) is 11.1. The van der Waals surface area contributed by atoms with Gasteiger partial charge in [0.25, 0.3) is 0 Å². The summed E-state index contributed by atoms with van der Waals surface area (Å²) in [6, 6.07) is 0. The van der Waals surface area contributed by atoms with E-state index in [1.54, 1.807) is 0 Å². The lowest BCUT2D eigenvalue weighted by Crippen LogP contribution is -2.37. The zero-order valence-electron chi connectivity index (χ0n) is 9.87. The second kappa shape index (κ2) is 9.15. The van der Waals surface area contributed by atoms with Crippen molar-refractivity contribution in [2.45, 2.75) is 31.4 Å². The Morgan fingerprint density at radius 3 is 2.88 bits per heavy atom. The van der Waals surface area contributed by atoms with Crippen molar-refractivity contribution in [2.24, 2.45) is 10.7 Å². The first-order chi connectivity index (χ1) is 7.18. The molecule has 94 valence electrons. The van der Waals surface area contributed by atoms with Gasteiger partial charge in [0, 0.05) is 11.8 Å². The van der Waals surface area contributed by atoms with Gasteiger partial charge in [-0.25, -0.2) is 4.99 Å². The Morgan fingerprint density at radius 1 is 1.56 bits per heavy atom. The summed E-state index contributed by atoms with van der Waals surface area (Å²) in [7, 11) is 0. The minimum Gasteiger partial charge on any atom is -0.370 e. The van der Waals surface area contributed by atoms with Crippen LogP contribution in [0.25, 0.3) is 0 Å². The van der Waals surface area contributed by atoms with E-state index in [-0.39, 0.29) is 24.0 Å². The van der Waals surface area contributed by atoms with Gasteiger partial charge >= 0.3 is 0 Å². The van der Waals surface area contributed by atoms with E-state index in [4.69, 9.17) is 5.73 Å². The number of nitrogens with zero attached hydrogens (tertiary/aromatic N) is 1. The molecule has 0 aromatic heterocycles. The highest BCUT2D eigenvalue weighted by Gasteiger charge is 2.13. The molecule has 0 radical (unpaired) electrons. The number of hydrogen-bond acceptors (Lipinski definition) is 2. The molecule has 3 N–H and O–H groups in total. The number of nitrogens with two attached hydrogens (primary N) is 1. The molecular formula is C11H22IN3S. The molecule has 0 spiro atoms. The van der Waals surface area contributed by atoms with Crippen molar-refractivity contribution >= 4 is 41.7 Å². The predicted octanol–water partition coefficient (Wildman–Crippen LogP) is 2.37. The Kier molecular flexibility index (Phi) is 9.21. The molecule has 1 aliphatic rings. The second-order valence-corrected chi connectivity index (χ2v) is 5.44. The molecule has 1 aliphatic heterocycles. The molecule has 0 aromatic carbocycles. The fourth-order valence-electron chi connectivity index (χ4n) is 1.46. The molecule has 1 fully saturated rings. The molecule has 0 amide bonds. The average molecular weight is 355 g/mol. The third kappa shape index (κ3) is 7.38. The largest absolute Gasteiger partial charge is 0.370 e. The standard InChI is InChI=1S/C11H21N3S.HI/c1-9(2)7-13-11(12)14-8-10-5-3-4-6-15-10;/h10H,1,3-8H2,2H3,(H3,12,13,14);1H. The molecule has 0 bridgehead atoms. The van der Waals surface area contributed by atoms with Gasteiger partial charge in [-0.15, -0.1) is 24.0 Å². The number of nitrogens with one attached hydrogen (secondary N) is 1. The van der Waals surface area contributed by atoms with Crippen molar-refractivity contribution in [2.75, 3.05) is 18.8 Å². The Bertz CT molecular complexity index is 237. The topological polar surface area (TPSA) is 50.4 Å². The minimum atomic E-state index is 0. The van der Waals surface area contributed by atoms with Crippen LogP contribution >= 0.6 is 35.7 Å². The van der Waals surface area contributed by atoms with E-state index in [1.807, 2.05) is 18.7 Å². The number of thioether (sulfide) groups is 1. The first kappa shape index (κ1) is 16.1. The molecule has 5 heteroatoms. The molecule has 0 saturated carbocycles. The normalized spacial score (nSPS) is 21.1. The Labute approximate surface area is 120 Å². The van der Waals surface area contributed by atoms with Gasteiger partial charge in [-0.1, -0.05) is 18.6 Å². The van der Waals surface area contributed by atoms with Crippen molar-refractivity contribution in [3.8, 4) is 0 Å². The van der Waals surface area contributed by atoms with Crippen LogP contribution in [0.4, 0.5) is 0 Å². The smallest absolute Gasteiger partial charge is 0.188 e. The van der Waals surface area contributed by atoms with E-state index in [0.29, 0.717) is 17.8 Å². The fourth-order valence-corrected chi connectivity index (χ4v) is 2.70. The number of guanidine groups is 1. The Morgan fingerprint density at radius 2 is 2.31 bits per heavy atom. The Hall–Kier alpha value is 0.0900. The minimum absolute atomic E-state index is 0. The molecule has 0 aromatic rings. The first-order valence-electron chi connectivity index (χ1n) is 5.48. The van der Waals surface area contributed by atoms with Crippen LogP contribution in [0.3, 0.4) is 0 Å². The lowest BCUT2D eigenvalue weighted by Gasteiger charge is -2.21. The summed E-state index contributed by atoms with van der Waals surface area (Å²) in [6.45, 7) is 7.30. The van der Waals surface area contributed by atoms with Gasteiger partial charge in [0.1, 0.15) is 0 Å². The first-order valence-corrected chi connectivity index (χ1v) is 6.53. The van der Waals surface area contributed by atoms with Crippen LogP contribution in [-0.2, 0) is 0 Å². The molecule has 3 nitrogen and oxygen atoms in total. The van der Waals surface area contributed by atoms with E-state index in [2.05, 4.69) is 16.9 Å². The van der Waals surface area contributed by atoms with Gasteiger partial charge < -0.3 is 11.1 Å². The van der Waals surface area contributed by atoms with E-state index in [9.17, 15) is 0 Å². The molecular weight excluding hydrogens is 333 g/mol. The number of rotatable bonds is 4. The maximum absolute atomic E-state index is 5.73. The van der Waals surface area contributed by atoms with Crippen LogP contribution in [0.5, 0.6) is 0 Å². The monoisotopic (exact) mass is 355 g/mol. The van der Waals surface area contributed by atoms with E-state index >= 15 is 0 Å². The van der Waals surface area contributed by atoms with Gasteiger partial charge in [-0.05, 0) is 25.5 Å². The van der Waals surface area contributed by atoms with Gasteiger partial charge in [0.2, 0.25) is 0 Å². The van der Waals surface area contributed by atoms with E-state index in [0.717, 1.165) is 12.1 Å². The quantitative estimate of drug-likeness (QED) is 0.352. The van der Waals surface area contributed by atoms with Crippen molar-refractivity contribution in [1.82, 2.24) is 5.32 Å². The maximum Gasteiger partial charge on any atom is 0.188 e. The molecule has 1 unspecified atom stereocenters. The van der Waals surface area contributed by atoms with Gasteiger partial charge in [-0.2, -0.15) is 11.8 Å². The molecule has 1 atom stereocenters. The maximum atomic E-state index is 5.73. The molecule has 16 heavy (non-hydrogen) atoms. The van der Waals surface area contributed by atoms with Crippen molar-refractivity contribution in [1.29, 1.82) is 0 Å². The van der Waals surface area contributed by atoms with Crippen molar-refractivity contribution < 1.29 is 0 Å². The molecule has 1 rings (SSSR count). The summed E-state index contributed by atoms with van der Waals surface area (Å²) in [5.74, 6) is 1.83. The molecule has 1 heterocycles. The summed E-state index contributed by atoms with van der Waals surface area (Å²) in [6.07, 6.45) is 4.01. The van der Waals surface area contributed by atoms with Crippen LogP contribution in [0.15, 0.2) is 17.1 Å². The summed E-state index contributed by atoms with van der Waals surface area (Å²) in [5, 5.41) is 3.88. The van der Waals surface area contributed by atoms with Crippen molar-refractivity contribution in [3.05, 3.63) is 12.2 Å². The Balaban J connectivity index is 0.00000225. The highest BCUT2D eigenvalue weighted by molar-refractivity contribution is 14.0. The number of aliphatic imine (C=N–C) groups is 1. The zero-order valence-corrected chi connectivity index (χ0v) is 13.0. The summed E-state index contributed by atoms with van der Waals surface area (Å²) in [4.78, 5) is 4.18. The van der Waals surface area contributed by atoms with Gasteiger partial charge in [0.15, 0.2) is 5.96 Å². The van der Waals surface area contributed by atoms with Crippen LogP contribution in [0, 0.1) is 0 Å². The third-order valence-corrected chi connectivity index (χ3v) is 3.70. The highest BCUT2D eigenvalue weighted by atomic mass is 127. The second-order valence-electron chi connectivity index (χ2n) is 4.03. The third-order valence-electron chi connectivity index (χ3n) is 2.30. The molecule has 1 saturated heterocycles. The molecule has 0 aliphatic carbocycles. The predicted molar refractivity (Wildman–Crippen MR) is 84.8 cm³/mol. The van der Waals surface area contributed by atoms with E-state index in [1.165, 1.54) is 25.0 Å².